The van der Waals surface area contributed by atoms with Crippen molar-refractivity contribution in [2.45, 2.75) is 6.42 Å². The van der Waals surface area contributed by atoms with Crippen molar-refractivity contribution in [2.75, 3.05) is 6.54 Å². The molecule has 0 atom stereocenters. The number of H-pyrrole nitrogens is 1. The van der Waals surface area contributed by atoms with Gasteiger partial charge in [-0.25, -0.2) is 5.10 Å². The number of carbonyl (C=O) groups is 1. The van der Waals surface area contributed by atoms with E-state index in [9.17, 15) is 9.59 Å². The minimum Gasteiger partial charge on any atom is -0.352 e. The number of hydrogen-bond donors (Lipinski definition) is 2. The Labute approximate surface area is 152 Å². The number of hydrogen-bond acceptors (Lipinski definition) is 4. The van der Waals surface area contributed by atoms with E-state index >= 15 is 0 Å². The predicted octanol–water partition coefficient (Wildman–Crippen LogP) is 2.57. The summed E-state index contributed by atoms with van der Waals surface area (Å²) in [4.78, 5) is 28.2. The Kier molecular flexibility index (Phi) is 5.35. The lowest BCUT2D eigenvalue weighted by molar-refractivity contribution is 0.0952. The van der Waals surface area contributed by atoms with Crippen LogP contribution >= 0.6 is 15.9 Å². The smallest absolute Gasteiger partial charge is 0.277 e. The normalized spacial score (nSPS) is 10.4. The molecular weight excluding hydrogens is 384 g/mol. The molecule has 3 aromatic rings. The molecule has 2 heterocycles. The summed E-state index contributed by atoms with van der Waals surface area (Å²) >= 11 is 3.38. The van der Waals surface area contributed by atoms with Gasteiger partial charge in [0.1, 0.15) is 5.56 Å². The summed E-state index contributed by atoms with van der Waals surface area (Å²) < 4.78 is 1.01. The lowest BCUT2D eigenvalue weighted by atomic mass is 10.1. The van der Waals surface area contributed by atoms with Gasteiger partial charge in [0.25, 0.3) is 11.5 Å². The molecule has 6 nitrogen and oxygen atoms in total. The summed E-state index contributed by atoms with van der Waals surface area (Å²) in [7, 11) is 0. The molecule has 0 bridgehead atoms. The largest absolute Gasteiger partial charge is 0.352 e. The van der Waals surface area contributed by atoms with Crippen molar-refractivity contribution in [2.24, 2.45) is 0 Å². The second-order valence-electron chi connectivity index (χ2n) is 5.36. The molecule has 0 aliphatic heterocycles. The van der Waals surface area contributed by atoms with E-state index in [1.165, 1.54) is 6.07 Å². The highest BCUT2D eigenvalue weighted by Crippen LogP contribution is 2.14. The minimum atomic E-state index is -0.515. The maximum absolute atomic E-state index is 12.3. The molecule has 2 aromatic heterocycles. The number of aromatic amines is 1. The van der Waals surface area contributed by atoms with Crippen LogP contribution in [0, 0.1) is 0 Å². The predicted molar refractivity (Wildman–Crippen MR) is 98.3 cm³/mol. The fourth-order valence-corrected chi connectivity index (χ4v) is 2.58. The highest BCUT2D eigenvalue weighted by molar-refractivity contribution is 9.10. The monoisotopic (exact) mass is 398 g/mol. The van der Waals surface area contributed by atoms with E-state index < -0.39 is 11.5 Å². The molecule has 1 amide bonds. The Morgan fingerprint density at radius 2 is 1.84 bits per heavy atom. The molecule has 0 spiro atoms. The van der Waals surface area contributed by atoms with Gasteiger partial charge >= 0.3 is 0 Å². The molecule has 126 valence electrons. The van der Waals surface area contributed by atoms with Crippen molar-refractivity contribution >= 4 is 21.8 Å². The van der Waals surface area contributed by atoms with E-state index in [0.717, 1.165) is 15.6 Å². The highest BCUT2D eigenvalue weighted by Gasteiger charge is 2.12. The molecule has 3 rings (SSSR count). The van der Waals surface area contributed by atoms with Gasteiger partial charge in [-0.15, -0.1) is 0 Å². The number of carbonyl (C=O) groups excluding carboxylic acids is 1. The molecule has 0 aliphatic carbocycles. The van der Waals surface area contributed by atoms with Crippen LogP contribution in [0.5, 0.6) is 0 Å². The van der Waals surface area contributed by atoms with Gasteiger partial charge in [0.15, 0.2) is 0 Å². The van der Waals surface area contributed by atoms with Crippen molar-refractivity contribution in [1.82, 2.24) is 20.5 Å². The van der Waals surface area contributed by atoms with Crippen LogP contribution in [-0.2, 0) is 6.42 Å². The fraction of sp³-hybridized carbons (Fsp3) is 0.111. The minimum absolute atomic E-state index is 0.0395. The number of amides is 1. The van der Waals surface area contributed by atoms with E-state index in [0.29, 0.717) is 18.7 Å². The number of nitrogens with zero attached hydrogens (tertiary/aromatic N) is 2. The highest BCUT2D eigenvalue weighted by atomic mass is 79.9. The average Bonchev–Trinajstić information content (AvgIpc) is 2.64. The third kappa shape index (κ3) is 4.39. The summed E-state index contributed by atoms with van der Waals surface area (Å²) in [5, 5.41) is 9.12. The summed E-state index contributed by atoms with van der Waals surface area (Å²) in [6, 6.07) is 12.9. The van der Waals surface area contributed by atoms with Gasteiger partial charge in [-0.3, -0.25) is 14.6 Å². The first-order valence-electron chi connectivity index (χ1n) is 7.66. The molecule has 1 aromatic carbocycles. The van der Waals surface area contributed by atoms with Crippen molar-refractivity contribution in [3.8, 4) is 11.3 Å². The van der Waals surface area contributed by atoms with E-state index in [4.69, 9.17) is 0 Å². The molecule has 7 heteroatoms. The lowest BCUT2D eigenvalue weighted by Crippen LogP contribution is -2.31. The Hall–Kier alpha value is -2.80. The van der Waals surface area contributed by atoms with Gasteiger partial charge in [0, 0.05) is 29.0 Å². The lowest BCUT2D eigenvalue weighted by Gasteiger charge is -2.06. The number of nitrogens with one attached hydrogen (secondary N) is 2. The number of halogens is 1. The van der Waals surface area contributed by atoms with E-state index in [-0.39, 0.29) is 5.56 Å². The van der Waals surface area contributed by atoms with Gasteiger partial charge in [-0.2, -0.15) is 5.10 Å². The second-order valence-corrected chi connectivity index (χ2v) is 6.28. The van der Waals surface area contributed by atoms with Crippen LogP contribution in [0.1, 0.15) is 15.9 Å². The second kappa shape index (κ2) is 7.85. The number of pyridine rings is 1. The van der Waals surface area contributed by atoms with Crippen molar-refractivity contribution in [1.29, 1.82) is 0 Å². The van der Waals surface area contributed by atoms with Crippen LogP contribution in [0.2, 0.25) is 0 Å². The Balaban J connectivity index is 1.69. The molecule has 0 saturated carbocycles. The molecule has 0 unspecified atom stereocenters. The maximum Gasteiger partial charge on any atom is 0.277 e. The third-order valence-corrected chi connectivity index (χ3v) is 4.17. The molecular formula is C18H15BrN4O2. The van der Waals surface area contributed by atoms with Gasteiger partial charge in [-0.1, -0.05) is 28.1 Å². The SMILES string of the molecule is O=C(NCCc1ccc(Br)cc1)c1cc(-c2ccncc2)n[nH]c1=O. The zero-order chi connectivity index (χ0) is 17.6. The summed E-state index contributed by atoms with van der Waals surface area (Å²) in [5.41, 5.74) is 1.91. The van der Waals surface area contributed by atoms with E-state index in [1.54, 1.807) is 24.5 Å². The van der Waals surface area contributed by atoms with Crippen molar-refractivity contribution in [3.63, 3.8) is 0 Å². The van der Waals surface area contributed by atoms with Crippen LogP contribution in [-0.4, -0.2) is 27.6 Å². The van der Waals surface area contributed by atoms with Gasteiger partial charge in [-0.05, 0) is 42.3 Å². The van der Waals surface area contributed by atoms with Crippen LogP contribution in [0.4, 0.5) is 0 Å². The Morgan fingerprint density at radius 3 is 2.56 bits per heavy atom. The average molecular weight is 399 g/mol. The zero-order valence-electron chi connectivity index (χ0n) is 13.2. The first kappa shape index (κ1) is 17.0. The summed E-state index contributed by atoms with van der Waals surface area (Å²) in [6.45, 7) is 0.437. The fourth-order valence-electron chi connectivity index (χ4n) is 2.31. The Morgan fingerprint density at radius 1 is 1.12 bits per heavy atom. The molecule has 25 heavy (non-hydrogen) atoms. The standard InChI is InChI=1S/C18H15BrN4O2/c19-14-3-1-12(2-4-14)5-10-21-17(24)15-11-16(22-23-18(15)25)13-6-8-20-9-7-13/h1-4,6-9,11H,5,10H2,(H,21,24)(H,23,25). The van der Waals surface area contributed by atoms with Crippen molar-refractivity contribution in [3.05, 3.63) is 80.8 Å². The molecule has 2 N–H and O–H groups in total. The van der Waals surface area contributed by atoms with Crippen LogP contribution in [0.15, 0.2) is 64.1 Å². The van der Waals surface area contributed by atoms with Crippen LogP contribution in [0.25, 0.3) is 11.3 Å². The maximum atomic E-state index is 12.3. The molecule has 0 aliphatic rings. The zero-order valence-corrected chi connectivity index (χ0v) is 14.8. The van der Waals surface area contributed by atoms with E-state index in [1.807, 2.05) is 24.3 Å². The number of aromatic nitrogens is 3. The molecule has 0 radical (unpaired) electrons. The number of benzene rings is 1. The summed E-state index contributed by atoms with van der Waals surface area (Å²) in [5.74, 6) is -0.420. The van der Waals surface area contributed by atoms with Crippen LogP contribution < -0.4 is 10.9 Å². The topological polar surface area (TPSA) is 87.7 Å². The van der Waals surface area contributed by atoms with Gasteiger partial charge < -0.3 is 5.32 Å². The third-order valence-electron chi connectivity index (χ3n) is 3.64. The van der Waals surface area contributed by atoms with Crippen molar-refractivity contribution < 1.29 is 4.79 Å². The van der Waals surface area contributed by atoms with Gasteiger partial charge in [0.05, 0.1) is 5.69 Å². The first-order valence-corrected chi connectivity index (χ1v) is 8.45. The Bertz CT molecular complexity index is 924. The van der Waals surface area contributed by atoms with Crippen LogP contribution in [0.3, 0.4) is 0 Å². The quantitative estimate of drug-likeness (QED) is 0.691. The number of rotatable bonds is 5. The first-order chi connectivity index (χ1) is 12.1. The van der Waals surface area contributed by atoms with Gasteiger partial charge in [0.2, 0.25) is 0 Å². The molecule has 0 saturated heterocycles. The van der Waals surface area contributed by atoms with E-state index in [2.05, 4.69) is 36.4 Å². The molecule has 0 fully saturated rings. The summed E-state index contributed by atoms with van der Waals surface area (Å²) in [6.07, 6.45) is 3.93.